The first-order valence-corrected chi connectivity index (χ1v) is 6.89. The average molecular weight is 349 g/mol. The lowest BCUT2D eigenvalue weighted by atomic mass is 9.99. The Bertz CT molecular complexity index is 775. The maximum absolute atomic E-state index is 12.6. The zero-order valence-electron chi connectivity index (χ0n) is 13.3. The number of ether oxygens (including phenoxy) is 2. The molecule has 1 aromatic carbocycles. The number of anilines is 1. The van der Waals surface area contributed by atoms with E-state index in [0.29, 0.717) is 4.90 Å². The van der Waals surface area contributed by atoms with Crippen LogP contribution >= 0.6 is 0 Å². The third-order valence-corrected chi connectivity index (χ3v) is 3.53. The van der Waals surface area contributed by atoms with Crippen LogP contribution in [-0.4, -0.2) is 48.9 Å². The molecule has 1 aromatic rings. The first-order chi connectivity index (χ1) is 11.8. The van der Waals surface area contributed by atoms with Crippen LogP contribution in [0.2, 0.25) is 0 Å². The molecule has 10 heteroatoms. The third kappa shape index (κ3) is 2.63. The molecule has 0 saturated carbocycles. The number of amides is 3. The number of carbonyl (C=O) groups is 4. The van der Waals surface area contributed by atoms with Gasteiger partial charge in [0, 0.05) is 5.69 Å². The SMILES string of the molecule is COC(=O)C1=C(O)C(=O)N(c2ccccc2)C1(NC(N)=O)C(=O)OC. The predicted molar refractivity (Wildman–Crippen MR) is 83.1 cm³/mol. The first kappa shape index (κ1) is 17.8. The third-order valence-electron chi connectivity index (χ3n) is 3.53. The number of primary amides is 1. The van der Waals surface area contributed by atoms with Crippen molar-refractivity contribution in [3.63, 3.8) is 0 Å². The van der Waals surface area contributed by atoms with Crippen molar-refractivity contribution < 1.29 is 33.8 Å². The predicted octanol–water partition coefficient (Wildman–Crippen LogP) is -0.444. The van der Waals surface area contributed by atoms with Crippen molar-refractivity contribution in [1.82, 2.24) is 5.32 Å². The van der Waals surface area contributed by atoms with E-state index in [1.807, 2.05) is 5.32 Å². The Balaban J connectivity index is 2.83. The van der Waals surface area contributed by atoms with Gasteiger partial charge < -0.3 is 25.6 Å². The molecule has 1 heterocycles. The molecule has 25 heavy (non-hydrogen) atoms. The Labute approximate surface area is 141 Å². The number of urea groups is 1. The van der Waals surface area contributed by atoms with Crippen LogP contribution in [0.25, 0.3) is 0 Å². The van der Waals surface area contributed by atoms with E-state index in [2.05, 4.69) is 9.47 Å². The number of aliphatic hydroxyl groups is 1. The van der Waals surface area contributed by atoms with Crippen LogP contribution in [-0.2, 0) is 23.9 Å². The van der Waals surface area contributed by atoms with Crippen LogP contribution in [0.15, 0.2) is 41.7 Å². The molecule has 1 aliphatic rings. The molecule has 3 amide bonds. The molecule has 0 spiro atoms. The standard InChI is InChI=1S/C15H15N3O7/c1-24-12(21)9-10(19)11(20)18(8-6-4-3-5-7-8)15(9,13(22)25-2)17-14(16)23/h3-7,19H,1-2H3,(H3,16,17,23). The number of nitrogens with zero attached hydrogens (tertiary/aromatic N) is 1. The summed E-state index contributed by atoms with van der Waals surface area (Å²) in [4.78, 5) is 49.5. The summed E-state index contributed by atoms with van der Waals surface area (Å²) in [5.74, 6) is -4.64. The number of methoxy groups -OCH3 is 2. The van der Waals surface area contributed by atoms with Gasteiger partial charge in [-0.3, -0.25) is 9.69 Å². The van der Waals surface area contributed by atoms with Crippen LogP contribution < -0.4 is 16.0 Å². The van der Waals surface area contributed by atoms with Crippen molar-refractivity contribution in [1.29, 1.82) is 0 Å². The molecule has 0 fully saturated rings. The maximum atomic E-state index is 12.6. The zero-order chi connectivity index (χ0) is 18.8. The number of rotatable bonds is 4. The summed E-state index contributed by atoms with van der Waals surface area (Å²) >= 11 is 0. The molecule has 10 nitrogen and oxygen atoms in total. The van der Waals surface area contributed by atoms with E-state index in [-0.39, 0.29) is 5.69 Å². The molecule has 2 rings (SSSR count). The van der Waals surface area contributed by atoms with Gasteiger partial charge in [-0.05, 0) is 12.1 Å². The van der Waals surface area contributed by atoms with Gasteiger partial charge in [-0.15, -0.1) is 0 Å². The fourth-order valence-electron chi connectivity index (χ4n) is 2.57. The summed E-state index contributed by atoms with van der Waals surface area (Å²) in [7, 11) is 1.95. The Kier molecular flexibility index (Phi) is 4.63. The van der Waals surface area contributed by atoms with Gasteiger partial charge in [0.1, 0.15) is 5.57 Å². The number of nitrogens with one attached hydrogen (secondary N) is 1. The van der Waals surface area contributed by atoms with Gasteiger partial charge in [0.05, 0.1) is 14.2 Å². The van der Waals surface area contributed by atoms with Crippen molar-refractivity contribution in [2.45, 2.75) is 5.66 Å². The van der Waals surface area contributed by atoms with Crippen LogP contribution in [0.1, 0.15) is 0 Å². The van der Waals surface area contributed by atoms with Crippen molar-refractivity contribution in [3.05, 3.63) is 41.7 Å². The highest BCUT2D eigenvalue weighted by molar-refractivity contribution is 6.22. The quantitative estimate of drug-likeness (QED) is 0.624. The minimum absolute atomic E-state index is 0.0945. The van der Waals surface area contributed by atoms with Crippen LogP contribution in [0.3, 0.4) is 0 Å². The second kappa shape index (κ2) is 6.51. The molecule has 0 saturated heterocycles. The summed E-state index contributed by atoms with van der Waals surface area (Å²) in [5, 5.41) is 12.2. The highest BCUT2D eigenvalue weighted by atomic mass is 16.5. The average Bonchev–Trinajstić information content (AvgIpc) is 2.81. The van der Waals surface area contributed by atoms with Gasteiger partial charge >= 0.3 is 18.0 Å². The number of para-hydroxylation sites is 1. The second-order valence-electron chi connectivity index (χ2n) is 4.88. The lowest BCUT2D eigenvalue weighted by Gasteiger charge is -2.36. The first-order valence-electron chi connectivity index (χ1n) is 6.89. The normalized spacial score (nSPS) is 19.6. The fourth-order valence-corrected chi connectivity index (χ4v) is 2.57. The van der Waals surface area contributed by atoms with E-state index >= 15 is 0 Å². The number of benzene rings is 1. The van der Waals surface area contributed by atoms with E-state index in [1.54, 1.807) is 18.2 Å². The summed E-state index contributed by atoms with van der Waals surface area (Å²) in [6.45, 7) is 0. The molecule has 0 radical (unpaired) electrons. The summed E-state index contributed by atoms with van der Waals surface area (Å²) < 4.78 is 9.19. The second-order valence-corrected chi connectivity index (χ2v) is 4.88. The Morgan fingerprint density at radius 1 is 1.16 bits per heavy atom. The summed E-state index contributed by atoms with van der Waals surface area (Å²) in [5.41, 5.74) is 1.90. The van der Waals surface area contributed by atoms with Crippen LogP contribution in [0, 0.1) is 0 Å². The topological polar surface area (TPSA) is 148 Å². The lowest BCUT2D eigenvalue weighted by molar-refractivity contribution is -0.149. The molecular weight excluding hydrogens is 334 g/mol. The number of aliphatic hydroxyl groups excluding tert-OH is 1. The van der Waals surface area contributed by atoms with Crippen LogP contribution in [0.5, 0.6) is 0 Å². The maximum Gasteiger partial charge on any atom is 0.358 e. The number of carbonyl (C=O) groups excluding carboxylic acids is 4. The Morgan fingerprint density at radius 2 is 1.76 bits per heavy atom. The zero-order valence-corrected chi connectivity index (χ0v) is 13.3. The summed E-state index contributed by atoms with van der Waals surface area (Å²) in [6, 6.07) is 6.33. The highest BCUT2D eigenvalue weighted by Gasteiger charge is 2.63. The van der Waals surface area contributed by atoms with Gasteiger partial charge in [0.15, 0.2) is 5.76 Å². The van der Waals surface area contributed by atoms with E-state index in [9.17, 15) is 24.3 Å². The molecule has 132 valence electrons. The lowest BCUT2D eigenvalue weighted by Crippen LogP contribution is -2.67. The number of hydrogen-bond donors (Lipinski definition) is 3. The summed E-state index contributed by atoms with van der Waals surface area (Å²) in [6.07, 6.45) is 0. The highest BCUT2D eigenvalue weighted by Crippen LogP contribution is 2.38. The van der Waals surface area contributed by atoms with Gasteiger partial charge in [-0.2, -0.15) is 0 Å². The fraction of sp³-hybridized carbons (Fsp3) is 0.200. The van der Waals surface area contributed by atoms with E-state index in [4.69, 9.17) is 5.73 Å². The van der Waals surface area contributed by atoms with Gasteiger partial charge in [-0.1, -0.05) is 18.2 Å². The molecule has 0 bridgehead atoms. The smallest absolute Gasteiger partial charge is 0.358 e. The number of esters is 2. The van der Waals surface area contributed by atoms with Crippen LogP contribution in [0.4, 0.5) is 10.5 Å². The minimum Gasteiger partial charge on any atom is -0.503 e. The molecule has 1 aliphatic heterocycles. The Hall–Kier alpha value is -3.56. The molecule has 1 atom stereocenters. The van der Waals surface area contributed by atoms with Crippen molar-refractivity contribution in [3.8, 4) is 0 Å². The molecular formula is C15H15N3O7. The molecule has 1 unspecified atom stereocenters. The van der Waals surface area contributed by atoms with E-state index < -0.39 is 40.9 Å². The largest absolute Gasteiger partial charge is 0.503 e. The minimum atomic E-state index is -2.52. The van der Waals surface area contributed by atoms with Crippen molar-refractivity contribution >= 4 is 29.6 Å². The molecule has 0 aromatic heterocycles. The van der Waals surface area contributed by atoms with Gasteiger partial charge in [-0.25, -0.2) is 14.4 Å². The van der Waals surface area contributed by atoms with Gasteiger partial charge in [0.2, 0.25) is 0 Å². The number of hydrogen-bond acceptors (Lipinski definition) is 7. The van der Waals surface area contributed by atoms with E-state index in [0.717, 1.165) is 14.2 Å². The number of nitrogens with two attached hydrogens (primary N) is 1. The Morgan fingerprint density at radius 3 is 2.24 bits per heavy atom. The van der Waals surface area contributed by atoms with Gasteiger partial charge in [0.25, 0.3) is 11.6 Å². The van der Waals surface area contributed by atoms with Crippen molar-refractivity contribution in [2.24, 2.45) is 5.73 Å². The molecule has 4 N–H and O–H groups in total. The molecule has 0 aliphatic carbocycles. The monoisotopic (exact) mass is 349 g/mol. The van der Waals surface area contributed by atoms with E-state index in [1.165, 1.54) is 12.1 Å². The van der Waals surface area contributed by atoms with Crippen molar-refractivity contribution in [2.75, 3.05) is 19.1 Å².